The van der Waals surface area contributed by atoms with E-state index in [0.29, 0.717) is 0 Å². The van der Waals surface area contributed by atoms with Gasteiger partial charge in [0.2, 0.25) is 0 Å². The van der Waals surface area contributed by atoms with Crippen LogP contribution in [0.3, 0.4) is 0 Å². The highest BCUT2D eigenvalue weighted by Crippen LogP contribution is 1.96. The van der Waals surface area contributed by atoms with E-state index in [1.165, 1.54) is 0 Å². The fourth-order valence-electron chi connectivity index (χ4n) is 1.60. The van der Waals surface area contributed by atoms with E-state index >= 15 is 0 Å². The third-order valence-corrected chi connectivity index (χ3v) is 4.76. The maximum atomic E-state index is 11.4. The predicted octanol–water partition coefficient (Wildman–Crippen LogP) is 1.57. The van der Waals surface area contributed by atoms with E-state index in [1.807, 2.05) is 60.7 Å². The molecule has 0 saturated heterocycles. The van der Waals surface area contributed by atoms with Gasteiger partial charge in [0.05, 0.1) is 0 Å². The van der Waals surface area contributed by atoms with Gasteiger partial charge < -0.3 is 4.43 Å². The Kier molecular flexibility index (Phi) is 4.56. The zero-order chi connectivity index (χ0) is 12.8. The van der Waals surface area contributed by atoms with E-state index in [1.54, 1.807) is 0 Å². The van der Waals surface area contributed by atoms with Crippen LogP contribution >= 0.6 is 11.6 Å². The normalized spacial score (nSPS) is 10.3. The summed E-state index contributed by atoms with van der Waals surface area (Å²) in [6, 6.07) is 19.6. The summed E-state index contributed by atoms with van der Waals surface area (Å²) < 4.78 is 5.50. The van der Waals surface area contributed by atoms with Crippen molar-refractivity contribution < 1.29 is 9.22 Å². The van der Waals surface area contributed by atoms with E-state index in [4.69, 9.17) is 16.0 Å². The molecule has 18 heavy (non-hydrogen) atoms. The Morgan fingerprint density at radius 2 is 1.39 bits per heavy atom. The van der Waals surface area contributed by atoms with Gasteiger partial charge in [0.1, 0.15) is 5.88 Å². The summed E-state index contributed by atoms with van der Waals surface area (Å²) in [7, 11) is -1.54. The molecule has 0 aliphatic rings. The van der Waals surface area contributed by atoms with Crippen LogP contribution in [-0.2, 0) is 9.22 Å². The third-order valence-electron chi connectivity index (χ3n) is 2.40. The zero-order valence-electron chi connectivity index (χ0n) is 9.68. The van der Waals surface area contributed by atoms with Crippen molar-refractivity contribution in [1.29, 1.82) is 0 Å². The van der Waals surface area contributed by atoms with Crippen LogP contribution in [0.2, 0.25) is 0 Å². The van der Waals surface area contributed by atoms with Gasteiger partial charge in [-0.25, -0.2) is 0 Å². The molecule has 1 radical (unpaired) electrons. The van der Waals surface area contributed by atoms with E-state index in [9.17, 15) is 4.79 Å². The lowest BCUT2D eigenvalue weighted by Gasteiger charge is -2.15. The lowest BCUT2D eigenvalue weighted by molar-refractivity contribution is -0.131. The van der Waals surface area contributed by atoms with E-state index in [0.717, 1.165) is 10.4 Å². The van der Waals surface area contributed by atoms with Crippen LogP contribution in [0, 0.1) is 0 Å². The fraction of sp³-hybridized carbons (Fsp3) is 0.0714. The largest absolute Gasteiger partial charge is 0.507 e. The van der Waals surface area contributed by atoms with Crippen LogP contribution in [0.1, 0.15) is 0 Å². The quantitative estimate of drug-likeness (QED) is 0.626. The topological polar surface area (TPSA) is 26.3 Å². The second kappa shape index (κ2) is 6.38. The minimum absolute atomic E-state index is 0.117. The highest BCUT2D eigenvalue weighted by molar-refractivity contribution is 6.81. The number of halogens is 1. The summed E-state index contributed by atoms with van der Waals surface area (Å²) >= 11 is 5.51. The lowest BCUT2D eigenvalue weighted by atomic mass is 10.4. The monoisotopic (exact) mass is 275 g/mol. The van der Waals surface area contributed by atoms with Crippen LogP contribution in [0.4, 0.5) is 0 Å². The molecule has 0 aliphatic heterocycles. The van der Waals surface area contributed by atoms with Gasteiger partial charge in [-0.05, 0) is 10.4 Å². The van der Waals surface area contributed by atoms with Gasteiger partial charge in [-0.2, -0.15) is 0 Å². The Morgan fingerprint density at radius 1 is 0.944 bits per heavy atom. The molecule has 0 fully saturated rings. The van der Waals surface area contributed by atoms with Gasteiger partial charge in [0, 0.05) is 0 Å². The number of carbonyl (C=O) groups excluding carboxylic acids is 1. The molecule has 0 bridgehead atoms. The smallest absolute Gasteiger partial charge is 0.356 e. The van der Waals surface area contributed by atoms with Gasteiger partial charge in [-0.15, -0.1) is 11.6 Å². The molecular formula is C14H12ClO2Si. The Hall–Kier alpha value is -1.58. The molecule has 91 valence electrons. The standard InChI is InChI=1S/C14H12ClO2Si/c15-11-14(16)17-18(12-7-3-1-4-8-12)13-9-5-2-6-10-13/h1-10H,11H2. The highest BCUT2D eigenvalue weighted by Gasteiger charge is 2.23. The zero-order valence-corrected chi connectivity index (χ0v) is 11.4. The third kappa shape index (κ3) is 3.21. The molecule has 2 rings (SSSR count). The average Bonchev–Trinajstić information content (AvgIpc) is 2.46. The van der Waals surface area contributed by atoms with Crippen molar-refractivity contribution in [3.8, 4) is 0 Å². The summed E-state index contributed by atoms with van der Waals surface area (Å²) in [6.07, 6.45) is 0. The molecule has 0 aromatic heterocycles. The van der Waals surface area contributed by atoms with E-state index in [-0.39, 0.29) is 11.8 Å². The van der Waals surface area contributed by atoms with Crippen molar-refractivity contribution in [1.82, 2.24) is 0 Å². The minimum atomic E-state index is -1.54. The van der Waals surface area contributed by atoms with Gasteiger partial charge in [-0.1, -0.05) is 60.7 Å². The SMILES string of the molecule is O=C(CCl)O[Si](c1ccccc1)c1ccccc1. The lowest BCUT2D eigenvalue weighted by Crippen LogP contribution is -2.46. The number of alkyl halides is 1. The van der Waals surface area contributed by atoms with Gasteiger partial charge in [-0.3, -0.25) is 4.79 Å². The van der Waals surface area contributed by atoms with Crippen LogP contribution in [0.25, 0.3) is 0 Å². The Balaban J connectivity index is 2.32. The second-order valence-corrected chi connectivity index (χ2v) is 5.95. The average molecular weight is 276 g/mol. The molecule has 2 aromatic carbocycles. The van der Waals surface area contributed by atoms with Crippen molar-refractivity contribution in [3.63, 3.8) is 0 Å². The summed E-state index contributed by atoms with van der Waals surface area (Å²) in [6.45, 7) is 0. The van der Waals surface area contributed by atoms with Gasteiger partial charge in [0.25, 0.3) is 0 Å². The molecule has 0 unspecified atom stereocenters. The minimum Gasteiger partial charge on any atom is -0.507 e. The molecule has 0 N–H and O–H groups in total. The molecule has 0 saturated carbocycles. The number of benzene rings is 2. The van der Waals surface area contributed by atoms with Crippen molar-refractivity contribution in [2.75, 3.05) is 5.88 Å². The van der Waals surface area contributed by atoms with Crippen LogP contribution in [0.5, 0.6) is 0 Å². The maximum Gasteiger partial charge on any atom is 0.356 e. The first-order valence-electron chi connectivity index (χ1n) is 5.55. The van der Waals surface area contributed by atoms with Gasteiger partial charge in [0.15, 0.2) is 0 Å². The molecule has 4 heteroatoms. The molecule has 0 spiro atoms. The molecule has 0 heterocycles. The Morgan fingerprint density at radius 3 is 1.78 bits per heavy atom. The Bertz CT molecular complexity index is 462. The Labute approximate surface area is 113 Å². The van der Waals surface area contributed by atoms with Crippen molar-refractivity contribution in [2.45, 2.75) is 0 Å². The van der Waals surface area contributed by atoms with E-state index < -0.39 is 9.04 Å². The summed E-state index contributed by atoms with van der Waals surface area (Å²) in [5.41, 5.74) is 0. The highest BCUT2D eigenvalue weighted by atomic mass is 35.5. The first-order chi connectivity index (χ1) is 8.81. The first-order valence-corrected chi connectivity index (χ1v) is 7.50. The molecule has 2 nitrogen and oxygen atoms in total. The summed E-state index contributed by atoms with van der Waals surface area (Å²) in [5.74, 6) is -0.494. The fourth-order valence-corrected chi connectivity index (χ4v) is 3.61. The van der Waals surface area contributed by atoms with Crippen molar-refractivity contribution in [3.05, 3.63) is 60.7 Å². The van der Waals surface area contributed by atoms with Crippen LogP contribution < -0.4 is 10.4 Å². The first kappa shape index (κ1) is 12.9. The molecule has 0 atom stereocenters. The van der Waals surface area contributed by atoms with Crippen LogP contribution in [-0.4, -0.2) is 20.9 Å². The summed E-state index contributed by atoms with van der Waals surface area (Å²) in [4.78, 5) is 11.4. The number of rotatable bonds is 4. The molecular weight excluding hydrogens is 264 g/mol. The van der Waals surface area contributed by atoms with Gasteiger partial charge >= 0.3 is 15.0 Å². The number of hydrogen-bond donors (Lipinski definition) is 0. The predicted molar refractivity (Wildman–Crippen MR) is 74.7 cm³/mol. The van der Waals surface area contributed by atoms with Crippen molar-refractivity contribution >= 4 is 37.0 Å². The number of carbonyl (C=O) groups is 1. The summed E-state index contributed by atoms with van der Waals surface area (Å²) in [5, 5.41) is 2.07. The molecule has 0 amide bonds. The van der Waals surface area contributed by atoms with E-state index in [2.05, 4.69) is 0 Å². The second-order valence-electron chi connectivity index (χ2n) is 3.67. The maximum absolute atomic E-state index is 11.4. The molecule has 2 aromatic rings. The van der Waals surface area contributed by atoms with Crippen molar-refractivity contribution in [2.24, 2.45) is 0 Å². The number of hydrogen-bond acceptors (Lipinski definition) is 2. The van der Waals surface area contributed by atoms with Crippen LogP contribution in [0.15, 0.2) is 60.7 Å². The molecule has 0 aliphatic carbocycles.